The molecule has 4 heteroatoms. The molecule has 16 heavy (non-hydrogen) atoms. The average Bonchev–Trinajstić information content (AvgIpc) is 2.15. The number of hydrogen-bond donors (Lipinski definition) is 0. The predicted octanol–water partition coefficient (Wildman–Crippen LogP) is 3.41. The van der Waals surface area contributed by atoms with E-state index in [2.05, 4.69) is 15.9 Å². The van der Waals surface area contributed by atoms with E-state index in [1.165, 1.54) is 0 Å². The molecule has 0 radical (unpaired) electrons. The van der Waals surface area contributed by atoms with Crippen LogP contribution in [-0.2, 0) is 4.74 Å². The maximum absolute atomic E-state index is 11.7. The van der Waals surface area contributed by atoms with Gasteiger partial charge < -0.3 is 9.47 Å². The summed E-state index contributed by atoms with van der Waals surface area (Å²) >= 11 is 3.32. The molecule has 1 aromatic rings. The molecule has 0 amide bonds. The van der Waals surface area contributed by atoms with Gasteiger partial charge in [0.15, 0.2) is 0 Å². The highest BCUT2D eigenvalue weighted by molar-refractivity contribution is 9.10. The number of ether oxygens (including phenoxy) is 2. The van der Waals surface area contributed by atoms with Crippen molar-refractivity contribution >= 4 is 21.9 Å². The summed E-state index contributed by atoms with van der Waals surface area (Å²) in [5.41, 5.74) is 0.0198. The summed E-state index contributed by atoms with van der Waals surface area (Å²) in [7, 11) is 1.58. The molecule has 0 spiro atoms. The molecule has 0 saturated heterocycles. The van der Waals surface area contributed by atoms with Crippen molar-refractivity contribution in [1.29, 1.82) is 0 Å². The number of carbonyl (C=O) groups excluding carboxylic acids is 1. The average molecular weight is 287 g/mol. The summed E-state index contributed by atoms with van der Waals surface area (Å²) in [5, 5.41) is 0. The van der Waals surface area contributed by atoms with Crippen LogP contribution in [0.3, 0.4) is 0 Å². The van der Waals surface area contributed by atoms with Crippen LogP contribution < -0.4 is 4.74 Å². The van der Waals surface area contributed by atoms with Gasteiger partial charge in [-0.05, 0) is 54.9 Å². The molecule has 0 unspecified atom stereocenters. The minimum absolute atomic E-state index is 0.337. The first-order chi connectivity index (χ1) is 7.33. The predicted molar refractivity (Wildman–Crippen MR) is 65.9 cm³/mol. The van der Waals surface area contributed by atoms with Gasteiger partial charge in [0.2, 0.25) is 0 Å². The maximum atomic E-state index is 11.7. The van der Waals surface area contributed by atoms with Crippen LogP contribution in [0.4, 0.5) is 0 Å². The summed E-state index contributed by atoms with van der Waals surface area (Å²) < 4.78 is 11.1. The van der Waals surface area contributed by atoms with Gasteiger partial charge in [0, 0.05) is 0 Å². The van der Waals surface area contributed by atoms with Crippen LogP contribution in [-0.4, -0.2) is 18.7 Å². The van der Waals surface area contributed by atoms with Crippen molar-refractivity contribution in [3.63, 3.8) is 0 Å². The number of esters is 1. The van der Waals surface area contributed by atoms with Crippen LogP contribution in [0.15, 0.2) is 22.7 Å². The second-order valence-electron chi connectivity index (χ2n) is 4.35. The van der Waals surface area contributed by atoms with Crippen molar-refractivity contribution in [3.8, 4) is 5.75 Å². The van der Waals surface area contributed by atoms with Crippen LogP contribution in [0.25, 0.3) is 0 Å². The van der Waals surface area contributed by atoms with E-state index >= 15 is 0 Å². The lowest BCUT2D eigenvalue weighted by Gasteiger charge is -2.19. The zero-order chi connectivity index (χ0) is 12.3. The molecule has 88 valence electrons. The lowest BCUT2D eigenvalue weighted by atomic mass is 10.1. The Hall–Kier alpha value is -1.03. The zero-order valence-electron chi connectivity index (χ0n) is 9.83. The molecule has 0 aromatic heterocycles. The van der Waals surface area contributed by atoms with Crippen molar-refractivity contribution in [3.05, 3.63) is 28.2 Å². The van der Waals surface area contributed by atoms with Gasteiger partial charge in [0.25, 0.3) is 0 Å². The Balaban J connectivity index is 2.89. The van der Waals surface area contributed by atoms with Crippen molar-refractivity contribution in [2.75, 3.05) is 7.11 Å². The maximum Gasteiger partial charge on any atom is 0.338 e. The number of rotatable bonds is 2. The highest BCUT2D eigenvalue weighted by Crippen LogP contribution is 2.26. The molecule has 0 fully saturated rings. The highest BCUT2D eigenvalue weighted by Gasteiger charge is 2.18. The third-order valence-corrected chi connectivity index (χ3v) is 2.41. The summed E-state index contributed by atoms with van der Waals surface area (Å²) in [5.74, 6) is 0.350. The Bertz CT molecular complexity index is 394. The van der Waals surface area contributed by atoms with E-state index in [1.54, 1.807) is 25.3 Å². The Labute approximate surface area is 104 Å². The summed E-state index contributed by atoms with van der Waals surface area (Å²) in [6.07, 6.45) is 0. The fraction of sp³-hybridized carbons (Fsp3) is 0.417. The van der Waals surface area contributed by atoms with E-state index in [0.29, 0.717) is 11.3 Å². The van der Waals surface area contributed by atoms with Gasteiger partial charge in [-0.1, -0.05) is 0 Å². The first-order valence-electron chi connectivity index (χ1n) is 4.90. The standard InChI is InChI=1S/C12H15BrO3/c1-12(2,3)16-11(14)8-5-6-10(15-4)9(13)7-8/h5-7H,1-4H3. The van der Waals surface area contributed by atoms with Gasteiger partial charge in [0.1, 0.15) is 11.4 Å². The lowest BCUT2D eigenvalue weighted by molar-refractivity contribution is 0.00694. The Morgan fingerprint density at radius 2 is 1.94 bits per heavy atom. The molecule has 0 atom stereocenters. The molecule has 0 aliphatic heterocycles. The Morgan fingerprint density at radius 3 is 2.38 bits per heavy atom. The number of hydrogen-bond acceptors (Lipinski definition) is 3. The summed E-state index contributed by atoms with van der Waals surface area (Å²) in [4.78, 5) is 11.7. The molecule has 0 bridgehead atoms. The summed E-state index contributed by atoms with van der Waals surface area (Å²) in [6.45, 7) is 5.51. The molecule has 3 nitrogen and oxygen atoms in total. The van der Waals surface area contributed by atoms with Gasteiger partial charge in [0.05, 0.1) is 17.1 Å². The molecular weight excluding hydrogens is 272 g/mol. The van der Waals surface area contributed by atoms with Crippen molar-refractivity contribution < 1.29 is 14.3 Å². The minimum Gasteiger partial charge on any atom is -0.496 e. The lowest BCUT2D eigenvalue weighted by Crippen LogP contribution is -2.23. The van der Waals surface area contributed by atoms with E-state index in [0.717, 1.165) is 4.47 Å². The van der Waals surface area contributed by atoms with Gasteiger partial charge in [-0.25, -0.2) is 4.79 Å². The van der Waals surface area contributed by atoms with Crippen LogP contribution in [0.5, 0.6) is 5.75 Å². The fourth-order valence-corrected chi connectivity index (χ4v) is 1.67. The molecule has 0 aliphatic carbocycles. The molecule has 1 rings (SSSR count). The van der Waals surface area contributed by atoms with Gasteiger partial charge in [-0.3, -0.25) is 0 Å². The van der Waals surface area contributed by atoms with Gasteiger partial charge in [-0.15, -0.1) is 0 Å². The zero-order valence-corrected chi connectivity index (χ0v) is 11.4. The van der Waals surface area contributed by atoms with Crippen LogP contribution in [0.2, 0.25) is 0 Å². The largest absolute Gasteiger partial charge is 0.496 e. The number of halogens is 1. The monoisotopic (exact) mass is 286 g/mol. The SMILES string of the molecule is COc1ccc(C(=O)OC(C)(C)C)cc1Br. The fourth-order valence-electron chi connectivity index (χ4n) is 1.13. The second-order valence-corrected chi connectivity index (χ2v) is 5.21. The second kappa shape index (κ2) is 4.87. The molecule has 0 saturated carbocycles. The highest BCUT2D eigenvalue weighted by atomic mass is 79.9. The van der Waals surface area contributed by atoms with E-state index in [1.807, 2.05) is 20.8 Å². The van der Waals surface area contributed by atoms with Crippen LogP contribution in [0.1, 0.15) is 31.1 Å². The number of methoxy groups -OCH3 is 1. The van der Waals surface area contributed by atoms with Crippen molar-refractivity contribution in [2.24, 2.45) is 0 Å². The quantitative estimate of drug-likeness (QED) is 0.782. The number of benzene rings is 1. The molecule has 1 aromatic carbocycles. The van der Waals surface area contributed by atoms with E-state index in [9.17, 15) is 4.79 Å². The Morgan fingerprint density at radius 1 is 1.31 bits per heavy atom. The van der Waals surface area contributed by atoms with Crippen LogP contribution >= 0.6 is 15.9 Å². The smallest absolute Gasteiger partial charge is 0.338 e. The molecule has 0 N–H and O–H groups in total. The van der Waals surface area contributed by atoms with Gasteiger partial charge in [-0.2, -0.15) is 0 Å². The first kappa shape index (κ1) is 13.0. The number of carbonyl (C=O) groups is 1. The molecule has 0 aliphatic rings. The third kappa shape index (κ3) is 3.52. The Kier molecular flexibility index (Phi) is 3.97. The van der Waals surface area contributed by atoms with Crippen LogP contribution in [0, 0.1) is 0 Å². The van der Waals surface area contributed by atoms with E-state index in [4.69, 9.17) is 9.47 Å². The van der Waals surface area contributed by atoms with E-state index in [-0.39, 0.29) is 5.97 Å². The summed E-state index contributed by atoms with van der Waals surface area (Å²) in [6, 6.07) is 5.09. The van der Waals surface area contributed by atoms with Gasteiger partial charge >= 0.3 is 5.97 Å². The third-order valence-electron chi connectivity index (χ3n) is 1.79. The molecule has 0 heterocycles. The minimum atomic E-state index is -0.483. The molecular formula is C12H15BrO3. The van der Waals surface area contributed by atoms with Crippen molar-refractivity contribution in [2.45, 2.75) is 26.4 Å². The first-order valence-corrected chi connectivity index (χ1v) is 5.69. The topological polar surface area (TPSA) is 35.5 Å². The van der Waals surface area contributed by atoms with E-state index < -0.39 is 5.60 Å². The normalized spacial score (nSPS) is 11.1. The van der Waals surface area contributed by atoms with Crippen molar-refractivity contribution in [1.82, 2.24) is 0 Å².